The Hall–Kier alpha value is -2.01. The van der Waals surface area contributed by atoms with Crippen LogP contribution in [0.5, 0.6) is 5.75 Å². The molecule has 5 heteroatoms. The average Bonchev–Trinajstić information content (AvgIpc) is 2.37. The Kier molecular flexibility index (Phi) is 3.96. The van der Waals surface area contributed by atoms with Crippen LogP contribution in [0, 0.1) is 6.92 Å². The van der Waals surface area contributed by atoms with Gasteiger partial charge in [0.25, 0.3) is 0 Å². The minimum absolute atomic E-state index is 0.274. The fourth-order valence-electron chi connectivity index (χ4n) is 2.08. The number of rotatable bonds is 3. The van der Waals surface area contributed by atoms with E-state index in [4.69, 9.17) is 5.73 Å². The summed E-state index contributed by atoms with van der Waals surface area (Å²) in [5, 5.41) is 0. The van der Waals surface area contributed by atoms with Gasteiger partial charge in [0.05, 0.1) is 5.54 Å². The van der Waals surface area contributed by atoms with E-state index in [1.807, 2.05) is 31.2 Å². The summed E-state index contributed by atoms with van der Waals surface area (Å²) in [6, 6.07) is 13.3. The number of aryl methyl sites for hydroxylation is 1. The maximum Gasteiger partial charge on any atom is 0.573 e. The standard InChI is InChI=1S/C16H16F3NO/c1-11-6-8-12(9-7-11)15(2,20)13-4-3-5-14(10-13)21-16(17,18)19/h3-10H,20H2,1-2H3. The van der Waals surface area contributed by atoms with Crippen LogP contribution < -0.4 is 10.5 Å². The number of nitrogens with two attached hydrogens (primary N) is 1. The van der Waals surface area contributed by atoms with Gasteiger partial charge in [0.1, 0.15) is 5.75 Å². The van der Waals surface area contributed by atoms with Crippen LogP contribution in [0.25, 0.3) is 0 Å². The van der Waals surface area contributed by atoms with Crippen LogP contribution in [0.2, 0.25) is 0 Å². The zero-order valence-electron chi connectivity index (χ0n) is 11.7. The van der Waals surface area contributed by atoms with E-state index >= 15 is 0 Å². The summed E-state index contributed by atoms with van der Waals surface area (Å²) in [5.41, 5.74) is 7.85. The topological polar surface area (TPSA) is 35.2 Å². The van der Waals surface area contributed by atoms with Gasteiger partial charge in [-0.1, -0.05) is 42.0 Å². The lowest BCUT2D eigenvalue weighted by Crippen LogP contribution is -2.34. The summed E-state index contributed by atoms with van der Waals surface area (Å²) in [5.74, 6) is -0.274. The highest BCUT2D eigenvalue weighted by Gasteiger charge is 2.32. The van der Waals surface area contributed by atoms with Crippen LogP contribution >= 0.6 is 0 Å². The molecule has 2 nitrogen and oxygen atoms in total. The second-order valence-electron chi connectivity index (χ2n) is 5.14. The van der Waals surface area contributed by atoms with Gasteiger partial charge in [-0.15, -0.1) is 13.2 Å². The minimum Gasteiger partial charge on any atom is -0.406 e. The van der Waals surface area contributed by atoms with Crippen molar-refractivity contribution in [2.24, 2.45) is 5.73 Å². The zero-order valence-corrected chi connectivity index (χ0v) is 11.7. The lowest BCUT2D eigenvalue weighted by molar-refractivity contribution is -0.274. The maximum absolute atomic E-state index is 12.3. The number of halogens is 3. The van der Waals surface area contributed by atoms with Crippen LogP contribution in [0.4, 0.5) is 13.2 Å². The number of alkyl halides is 3. The molecule has 1 unspecified atom stereocenters. The summed E-state index contributed by atoms with van der Waals surface area (Å²) >= 11 is 0. The Labute approximate surface area is 121 Å². The largest absolute Gasteiger partial charge is 0.573 e. The Morgan fingerprint density at radius 3 is 2.14 bits per heavy atom. The Morgan fingerprint density at radius 1 is 0.952 bits per heavy atom. The smallest absolute Gasteiger partial charge is 0.406 e. The lowest BCUT2D eigenvalue weighted by Gasteiger charge is -2.26. The van der Waals surface area contributed by atoms with Crippen molar-refractivity contribution in [3.63, 3.8) is 0 Å². The highest BCUT2D eigenvalue weighted by atomic mass is 19.4. The first-order valence-electron chi connectivity index (χ1n) is 6.41. The van der Waals surface area contributed by atoms with E-state index in [1.165, 1.54) is 18.2 Å². The van der Waals surface area contributed by atoms with Crippen molar-refractivity contribution in [3.05, 3.63) is 65.2 Å². The van der Waals surface area contributed by atoms with Crippen LogP contribution in [-0.4, -0.2) is 6.36 Å². The molecule has 2 rings (SSSR count). The molecule has 0 amide bonds. The molecule has 0 heterocycles. The van der Waals surface area contributed by atoms with Crippen LogP contribution in [0.15, 0.2) is 48.5 Å². The van der Waals surface area contributed by atoms with Crippen molar-refractivity contribution in [2.45, 2.75) is 25.7 Å². The second kappa shape index (κ2) is 5.41. The SMILES string of the molecule is Cc1ccc(C(C)(N)c2cccc(OC(F)(F)F)c2)cc1. The summed E-state index contributed by atoms with van der Waals surface area (Å²) < 4.78 is 40.8. The summed E-state index contributed by atoms with van der Waals surface area (Å²) in [6.07, 6.45) is -4.71. The first-order valence-corrected chi connectivity index (χ1v) is 6.41. The molecule has 0 aliphatic rings. The highest BCUT2D eigenvalue weighted by Crippen LogP contribution is 2.31. The number of ether oxygens (including phenoxy) is 1. The van der Waals surface area contributed by atoms with Crippen molar-refractivity contribution >= 4 is 0 Å². The predicted molar refractivity (Wildman–Crippen MR) is 74.9 cm³/mol. The molecule has 1 atom stereocenters. The fourth-order valence-corrected chi connectivity index (χ4v) is 2.08. The average molecular weight is 295 g/mol. The van der Waals surface area contributed by atoms with E-state index < -0.39 is 11.9 Å². The Bertz CT molecular complexity index is 618. The molecule has 0 saturated heterocycles. The van der Waals surface area contributed by atoms with Crippen LogP contribution in [0.1, 0.15) is 23.6 Å². The van der Waals surface area contributed by atoms with Crippen molar-refractivity contribution in [2.75, 3.05) is 0 Å². The third kappa shape index (κ3) is 3.76. The van der Waals surface area contributed by atoms with Gasteiger partial charge in [-0.2, -0.15) is 0 Å². The molecule has 0 saturated carbocycles. The molecule has 0 spiro atoms. The van der Waals surface area contributed by atoms with Gasteiger partial charge < -0.3 is 10.5 Å². The lowest BCUT2D eigenvalue weighted by atomic mass is 9.85. The van der Waals surface area contributed by atoms with Crippen molar-refractivity contribution in [3.8, 4) is 5.75 Å². The molecule has 0 aromatic heterocycles. The quantitative estimate of drug-likeness (QED) is 0.924. The monoisotopic (exact) mass is 295 g/mol. The zero-order chi connectivity index (χ0) is 15.7. The predicted octanol–water partition coefficient (Wildman–Crippen LogP) is 4.12. The van der Waals surface area contributed by atoms with Gasteiger partial charge in [-0.25, -0.2) is 0 Å². The van der Waals surface area contributed by atoms with Gasteiger partial charge in [0, 0.05) is 0 Å². The van der Waals surface area contributed by atoms with Gasteiger partial charge in [-0.3, -0.25) is 0 Å². The van der Waals surface area contributed by atoms with E-state index in [-0.39, 0.29) is 5.75 Å². The van der Waals surface area contributed by atoms with Gasteiger partial charge in [-0.05, 0) is 37.1 Å². The molecule has 21 heavy (non-hydrogen) atoms. The van der Waals surface area contributed by atoms with Gasteiger partial charge in [0.15, 0.2) is 0 Å². The summed E-state index contributed by atoms with van der Waals surface area (Å²) in [6.45, 7) is 3.71. The molecule has 2 N–H and O–H groups in total. The molecule has 0 fully saturated rings. The summed E-state index contributed by atoms with van der Waals surface area (Å²) in [7, 11) is 0. The third-order valence-corrected chi connectivity index (χ3v) is 3.32. The van der Waals surface area contributed by atoms with E-state index in [0.29, 0.717) is 5.56 Å². The first kappa shape index (κ1) is 15.4. The van der Waals surface area contributed by atoms with Crippen LogP contribution in [-0.2, 0) is 5.54 Å². The number of hydrogen-bond acceptors (Lipinski definition) is 2. The van der Waals surface area contributed by atoms with Crippen molar-refractivity contribution in [1.82, 2.24) is 0 Å². The van der Waals surface area contributed by atoms with Crippen molar-refractivity contribution in [1.29, 1.82) is 0 Å². The summed E-state index contributed by atoms with van der Waals surface area (Å²) in [4.78, 5) is 0. The molecule has 2 aromatic rings. The third-order valence-electron chi connectivity index (χ3n) is 3.32. The number of hydrogen-bond donors (Lipinski definition) is 1. The molecule has 0 radical (unpaired) electrons. The first-order chi connectivity index (χ1) is 9.68. The normalized spacial score (nSPS) is 14.6. The van der Waals surface area contributed by atoms with Crippen molar-refractivity contribution < 1.29 is 17.9 Å². The number of benzene rings is 2. The minimum atomic E-state index is -4.71. The molecule has 0 bridgehead atoms. The van der Waals surface area contributed by atoms with Gasteiger partial charge >= 0.3 is 6.36 Å². The molecular formula is C16H16F3NO. The molecule has 0 aliphatic heterocycles. The molecule has 0 aliphatic carbocycles. The maximum atomic E-state index is 12.3. The van der Waals surface area contributed by atoms with E-state index in [2.05, 4.69) is 4.74 Å². The van der Waals surface area contributed by atoms with E-state index in [9.17, 15) is 13.2 Å². The molecular weight excluding hydrogens is 279 g/mol. The van der Waals surface area contributed by atoms with Gasteiger partial charge in [0.2, 0.25) is 0 Å². The highest BCUT2D eigenvalue weighted by molar-refractivity contribution is 5.41. The van der Waals surface area contributed by atoms with E-state index in [1.54, 1.807) is 13.0 Å². The van der Waals surface area contributed by atoms with E-state index in [0.717, 1.165) is 11.1 Å². The molecule has 2 aromatic carbocycles. The Balaban J connectivity index is 2.36. The van der Waals surface area contributed by atoms with Crippen LogP contribution in [0.3, 0.4) is 0 Å². The fraction of sp³-hybridized carbons (Fsp3) is 0.250. The Morgan fingerprint density at radius 2 is 1.57 bits per heavy atom. The second-order valence-corrected chi connectivity index (χ2v) is 5.14. The molecule has 112 valence electrons.